The molecule has 0 atom stereocenters. The first-order chi connectivity index (χ1) is 10.1. The van der Waals surface area contributed by atoms with Crippen LogP contribution in [0.15, 0.2) is 23.6 Å². The van der Waals surface area contributed by atoms with Gasteiger partial charge in [0.25, 0.3) is 0 Å². The second-order valence-corrected chi connectivity index (χ2v) is 6.28. The van der Waals surface area contributed by atoms with Crippen molar-refractivity contribution in [3.63, 3.8) is 0 Å². The summed E-state index contributed by atoms with van der Waals surface area (Å²) in [5.41, 5.74) is 0.910. The zero-order chi connectivity index (χ0) is 15.2. The lowest BCUT2D eigenvalue weighted by atomic mass is 10.3. The van der Waals surface area contributed by atoms with Gasteiger partial charge in [-0.2, -0.15) is 0 Å². The first kappa shape index (κ1) is 16.5. The summed E-state index contributed by atoms with van der Waals surface area (Å²) in [6.07, 6.45) is 0.473. The molecule has 1 aromatic carbocycles. The molecule has 0 saturated carbocycles. The van der Waals surface area contributed by atoms with Crippen LogP contribution in [0, 0.1) is 11.8 Å². The Morgan fingerprint density at radius 3 is 2.62 bits per heavy atom. The lowest BCUT2D eigenvalue weighted by Crippen LogP contribution is -1.93. The van der Waals surface area contributed by atoms with Gasteiger partial charge in [0.2, 0.25) is 0 Å². The van der Waals surface area contributed by atoms with Gasteiger partial charge in [-0.05, 0) is 12.1 Å². The van der Waals surface area contributed by atoms with E-state index in [1.807, 2.05) is 11.4 Å². The van der Waals surface area contributed by atoms with E-state index in [-0.39, 0.29) is 6.61 Å². The van der Waals surface area contributed by atoms with Crippen molar-refractivity contribution in [2.24, 2.45) is 0 Å². The van der Waals surface area contributed by atoms with Crippen molar-refractivity contribution in [2.45, 2.75) is 13.0 Å². The van der Waals surface area contributed by atoms with Crippen LogP contribution in [-0.4, -0.2) is 11.7 Å². The highest BCUT2D eigenvalue weighted by atomic mass is 35.5. The largest absolute Gasteiger partial charge is 0.486 e. The van der Waals surface area contributed by atoms with E-state index in [1.165, 1.54) is 0 Å². The second kappa shape index (κ2) is 7.93. The maximum absolute atomic E-state index is 8.68. The summed E-state index contributed by atoms with van der Waals surface area (Å²) in [5, 5.41) is 11.8. The minimum absolute atomic E-state index is 0.0724. The Hall–Kier alpha value is -0.890. The quantitative estimate of drug-likeness (QED) is 0.612. The van der Waals surface area contributed by atoms with E-state index >= 15 is 0 Å². The highest BCUT2D eigenvalue weighted by molar-refractivity contribution is 7.10. The van der Waals surface area contributed by atoms with Crippen LogP contribution in [0.1, 0.15) is 16.9 Å². The van der Waals surface area contributed by atoms with Crippen LogP contribution in [0.5, 0.6) is 5.75 Å². The smallest absolute Gasteiger partial charge is 0.140 e. The maximum Gasteiger partial charge on any atom is 0.140 e. The molecule has 2 aromatic rings. The van der Waals surface area contributed by atoms with E-state index in [9.17, 15) is 0 Å². The Morgan fingerprint density at radius 2 is 1.86 bits per heavy atom. The molecule has 1 heterocycles. The number of hydrogen-bond acceptors (Lipinski definition) is 3. The van der Waals surface area contributed by atoms with E-state index in [1.54, 1.807) is 23.5 Å². The molecule has 0 fully saturated rings. The normalized spacial score (nSPS) is 10.1. The van der Waals surface area contributed by atoms with Crippen molar-refractivity contribution in [3.8, 4) is 17.6 Å². The Kier molecular flexibility index (Phi) is 6.22. The van der Waals surface area contributed by atoms with Crippen molar-refractivity contribution in [1.29, 1.82) is 0 Å². The van der Waals surface area contributed by atoms with Crippen LogP contribution < -0.4 is 4.74 Å². The molecule has 6 heteroatoms. The molecule has 0 saturated heterocycles. The number of aliphatic hydroxyl groups is 1. The van der Waals surface area contributed by atoms with Crippen molar-refractivity contribution < 1.29 is 9.84 Å². The average molecular weight is 362 g/mol. The highest BCUT2D eigenvalue weighted by Gasteiger charge is 2.08. The summed E-state index contributed by atoms with van der Waals surface area (Å²) >= 11 is 19.4. The number of halogens is 3. The summed E-state index contributed by atoms with van der Waals surface area (Å²) in [7, 11) is 0. The van der Waals surface area contributed by atoms with E-state index in [0.717, 1.165) is 10.4 Å². The van der Waals surface area contributed by atoms with Gasteiger partial charge in [-0.3, -0.25) is 0 Å². The predicted molar refractivity (Wildman–Crippen MR) is 88.7 cm³/mol. The van der Waals surface area contributed by atoms with Crippen LogP contribution in [0.25, 0.3) is 0 Å². The van der Waals surface area contributed by atoms with Gasteiger partial charge >= 0.3 is 0 Å². The lowest BCUT2D eigenvalue weighted by molar-refractivity contribution is 0.305. The molecule has 1 aromatic heterocycles. The van der Waals surface area contributed by atoms with Gasteiger partial charge in [-0.1, -0.05) is 46.6 Å². The molecule has 21 heavy (non-hydrogen) atoms. The third-order valence-corrected chi connectivity index (χ3v) is 4.40. The standard InChI is InChI=1S/C15H11Cl3O2S/c16-12-6-14(18)15(7-13(12)17)20-8-11-5-10(9-21-11)3-1-2-4-19/h5-7,9,19H,2,4,8H2. The average Bonchev–Trinajstić information content (AvgIpc) is 2.90. The molecule has 110 valence electrons. The molecule has 0 aliphatic carbocycles. The molecule has 0 amide bonds. The van der Waals surface area contributed by atoms with Crippen LogP contribution >= 0.6 is 46.1 Å². The molecular formula is C15H11Cl3O2S. The molecule has 0 unspecified atom stereocenters. The van der Waals surface area contributed by atoms with Gasteiger partial charge in [0.15, 0.2) is 0 Å². The zero-order valence-electron chi connectivity index (χ0n) is 10.8. The lowest BCUT2D eigenvalue weighted by Gasteiger charge is -2.08. The molecule has 0 radical (unpaired) electrons. The molecule has 0 aliphatic heterocycles. The maximum atomic E-state index is 8.68. The van der Waals surface area contributed by atoms with Crippen LogP contribution in [-0.2, 0) is 6.61 Å². The van der Waals surface area contributed by atoms with Gasteiger partial charge in [-0.25, -0.2) is 0 Å². The minimum Gasteiger partial charge on any atom is -0.486 e. The summed E-state index contributed by atoms with van der Waals surface area (Å²) in [4.78, 5) is 1.02. The molecule has 2 rings (SSSR count). The SMILES string of the molecule is OCCC#Cc1csc(COc2cc(Cl)c(Cl)cc2Cl)c1. The first-order valence-electron chi connectivity index (χ1n) is 6.04. The monoisotopic (exact) mass is 360 g/mol. The molecule has 1 N–H and O–H groups in total. The van der Waals surface area contributed by atoms with Crippen molar-refractivity contribution in [1.82, 2.24) is 0 Å². The topological polar surface area (TPSA) is 29.5 Å². The minimum atomic E-state index is 0.0724. The van der Waals surface area contributed by atoms with E-state index < -0.39 is 0 Å². The summed E-state index contributed by atoms with van der Waals surface area (Å²) < 4.78 is 5.64. The molecule has 2 nitrogen and oxygen atoms in total. The third kappa shape index (κ3) is 4.81. The van der Waals surface area contributed by atoms with Gasteiger partial charge < -0.3 is 9.84 Å². The summed E-state index contributed by atoms with van der Waals surface area (Å²) in [5.74, 6) is 6.34. The molecular weight excluding hydrogens is 351 g/mol. The number of aliphatic hydroxyl groups excluding tert-OH is 1. The van der Waals surface area contributed by atoms with Gasteiger partial charge in [0.05, 0.1) is 21.7 Å². The zero-order valence-corrected chi connectivity index (χ0v) is 13.9. The van der Waals surface area contributed by atoms with Gasteiger partial charge in [0, 0.05) is 28.3 Å². The number of rotatable bonds is 4. The summed E-state index contributed by atoms with van der Waals surface area (Å²) in [6.45, 7) is 0.451. The van der Waals surface area contributed by atoms with Crippen molar-refractivity contribution >= 4 is 46.1 Å². The molecule has 0 bridgehead atoms. The van der Waals surface area contributed by atoms with E-state index in [4.69, 9.17) is 44.6 Å². The predicted octanol–water partition coefficient (Wildman–Crippen LogP) is 5.02. The fourth-order valence-corrected chi connectivity index (χ4v) is 2.82. The third-order valence-electron chi connectivity index (χ3n) is 2.47. The van der Waals surface area contributed by atoms with Crippen molar-refractivity contribution in [3.05, 3.63) is 49.1 Å². The Balaban J connectivity index is 2.01. The van der Waals surface area contributed by atoms with Gasteiger partial charge in [0.1, 0.15) is 12.4 Å². The highest BCUT2D eigenvalue weighted by Crippen LogP contribution is 2.34. The van der Waals surface area contributed by atoms with E-state index in [0.29, 0.717) is 33.8 Å². The summed E-state index contributed by atoms with van der Waals surface area (Å²) in [6, 6.07) is 5.10. The number of hydrogen-bond donors (Lipinski definition) is 1. The second-order valence-electron chi connectivity index (χ2n) is 4.06. The molecule has 0 aliphatic rings. The molecule has 0 spiro atoms. The Morgan fingerprint density at radius 1 is 1.10 bits per heavy atom. The Labute approximate surface area is 142 Å². The van der Waals surface area contributed by atoms with E-state index in [2.05, 4.69) is 11.8 Å². The fraction of sp³-hybridized carbons (Fsp3) is 0.200. The van der Waals surface area contributed by atoms with Crippen molar-refractivity contribution in [2.75, 3.05) is 6.61 Å². The van der Waals surface area contributed by atoms with Crippen LogP contribution in [0.2, 0.25) is 15.1 Å². The first-order valence-corrected chi connectivity index (χ1v) is 8.06. The Bertz CT molecular complexity index is 686. The fourth-order valence-electron chi connectivity index (χ4n) is 1.51. The number of ether oxygens (including phenoxy) is 1. The van der Waals surface area contributed by atoms with Gasteiger partial charge in [-0.15, -0.1) is 11.3 Å². The number of benzene rings is 1. The number of thiophene rings is 1. The van der Waals surface area contributed by atoms with Crippen LogP contribution in [0.4, 0.5) is 0 Å². The van der Waals surface area contributed by atoms with Crippen LogP contribution in [0.3, 0.4) is 0 Å².